The summed E-state index contributed by atoms with van der Waals surface area (Å²) in [6.45, 7) is 1.80. The second kappa shape index (κ2) is 5.56. The lowest BCUT2D eigenvalue weighted by molar-refractivity contribution is -0.221. The number of morpholine rings is 1. The fourth-order valence-electron chi connectivity index (χ4n) is 2.17. The molecule has 118 valence electrons. The highest BCUT2D eigenvalue weighted by atomic mass is 19.4. The zero-order valence-electron chi connectivity index (χ0n) is 11.7. The van der Waals surface area contributed by atoms with Gasteiger partial charge in [-0.2, -0.15) is 18.2 Å². The first-order valence-electron chi connectivity index (χ1n) is 6.63. The third-order valence-corrected chi connectivity index (χ3v) is 3.28. The first kappa shape index (κ1) is 14.8. The van der Waals surface area contributed by atoms with Gasteiger partial charge < -0.3 is 14.2 Å². The van der Waals surface area contributed by atoms with Crippen LogP contribution in [-0.2, 0) is 4.74 Å². The number of nitrogens with zero attached hydrogens (tertiary/aromatic N) is 4. The Balaban J connectivity index is 1.75. The molecule has 0 radical (unpaired) electrons. The first-order chi connectivity index (χ1) is 10.4. The van der Waals surface area contributed by atoms with E-state index in [2.05, 4.69) is 15.1 Å². The zero-order valence-corrected chi connectivity index (χ0v) is 11.7. The highest BCUT2D eigenvalue weighted by molar-refractivity contribution is 5.54. The maximum absolute atomic E-state index is 12.7. The number of alkyl halides is 3. The van der Waals surface area contributed by atoms with Crippen LogP contribution in [0.15, 0.2) is 22.9 Å². The molecular weight excluding hydrogens is 301 g/mol. The highest BCUT2D eigenvalue weighted by Gasteiger charge is 2.43. The van der Waals surface area contributed by atoms with E-state index in [1.807, 2.05) is 0 Å². The van der Waals surface area contributed by atoms with Crippen LogP contribution in [0.5, 0.6) is 0 Å². The average molecular weight is 314 g/mol. The Morgan fingerprint density at radius 1 is 1.32 bits per heavy atom. The molecule has 0 aromatic carbocycles. The van der Waals surface area contributed by atoms with Crippen molar-refractivity contribution in [3.63, 3.8) is 0 Å². The van der Waals surface area contributed by atoms with Crippen molar-refractivity contribution in [3.05, 3.63) is 24.2 Å². The summed E-state index contributed by atoms with van der Waals surface area (Å²) in [7, 11) is 0. The van der Waals surface area contributed by atoms with Crippen LogP contribution in [0.1, 0.15) is 5.82 Å². The van der Waals surface area contributed by atoms with E-state index < -0.39 is 12.3 Å². The molecule has 3 heterocycles. The number of aromatic nitrogens is 3. The van der Waals surface area contributed by atoms with E-state index in [4.69, 9.17) is 9.26 Å². The topological polar surface area (TPSA) is 64.3 Å². The minimum Gasteiger partial charge on any atom is -0.365 e. The minimum atomic E-state index is -4.38. The number of hydrogen-bond acceptors (Lipinski definition) is 6. The van der Waals surface area contributed by atoms with Crippen LogP contribution in [-0.4, -0.2) is 47.1 Å². The quantitative estimate of drug-likeness (QED) is 0.847. The van der Waals surface area contributed by atoms with Gasteiger partial charge in [0.05, 0.1) is 18.7 Å². The van der Waals surface area contributed by atoms with Gasteiger partial charge in [-0.25, -0.2) is 4.98 Å². The number of aryl methyl sites for hydroxylation is 1. The van der Waals surface area contributed by atoms with Crippen molar-refractivity contribution in [2.45, 2.75) is 19.2 Å². The Labute approximate surface area is 123 Å². The van der Waals surface area contributed by atoms with Crippen molar-refractivity contribution < 1.29 is 22.4 Å². The summed E-state index contributed by atoms with van der Waals surface area (Å²) in [5, 5.41) is 3.68. The summed E-state index contributed by atoms with van der Waals surface area (Å²) in [6.07, 6.45) is -4.67. The zero-order chi connectivity index (χ0) is 15.7. The third kappa shape index (κ3) is 3.03. The Bertz CT molecular complexity index is 641. The van der Waals surface area contributed by atoms with Crippen LogP contribution in [0.25, 0.3) is 11.5 Å². The molecule has 0 saturated carbocycles. The molecular formula is C13H13F3N4O2. The molecule has 2 aromatic heterocycles. The van der Waals surface area contributed by atoms with Crippen molar-refractivity contribution in [1.82, 2.24) is 15.1 Å². The number of pyridine rings is 1. The van der Waals surface area contributed by atoms with Gasteiger partial charge in [-0.1, -0.05) is 5.16 Å². The predicted octanol–water partition coefficient (Wildman–Crippen LogP) is 2.21. The fraction of sp³-hybridized carbons (Fsp3) is 0.462. The maximum Gasteiger partial charge on any atom is 0.416 e. The van der Waals surface area contributed by atoms with Crippen LogP contribution < -0.4 is 4.90 Å². The molecule has 1 aliphatic rings. The van der Waals surface area contributed by atoms with E-state index in [1.54, 1.807) is 24.0 Å². The standard InChI is InChI=1S/C13H13F3N4O2/c1-8-18-12(22-19-8)9-2-3-11(17-6-9)20-4-5-21-10(7-20)13(14,15)16/h2-3,6,10H,4-5,7H2,1H3/t10-/m1/s1. The van der Waals surface area contributed by atoms with E-state index >= 15 is 0 Å². The van der Waals surface area contributed by atoms with Gasteiger partial charge in [0.15, 0.2) is 11.9 Å². The SMILES string of the molecule is Cc1noc(-c2ccc(N3CCO[C@@H](C(F)(F)F)C3)nc2)n1. The Morgan fingerprint density at radius 3 is 2.73 bits per heavy atom. The third-order valence-electron chi connectivity index (χ3n) is 3.28. The molecule has 0 N–H and O–H groups in total. The van der Waals surface area contributed by atoms with Gasteiger partial charge in [0.1, 0.15) is 5.82 Å². The number of halogens is 3. The van der Waals surface area contributed by atoms with Crippen LogP contribution in [0.3, 0.4) is 0 Å². The van der Waals surface area contributed by atoms with Crippen molar-refractivity contribution in [3.8, 4) is 11.5 Å². The molecule has 22 heavy (non-hydrogen) atoms. The van der Waals surface area contributed by atoms with Gasteiger partial charge >= 0.3 is 6.18 Å². The molecule has 0 spiro atoms. The van der Waals surface area contributed by atoms with Gasteiger partial charge in [-0.3, -0.25) is 0 Å². The van der Waals surface area contributed by atoms with E-state index in [9.17, 15) is 13.2 Å². The Kier molecular flexibility index (Phi) is 3.73. The molecule has 0 aliphatic carbocycles. The Morgan fingerprint density at radius 2 is 2.14 bits per heavy atom. The molecule has 0 unspecified atom stereocenters. The lowest BCUT2D eigenvalue weighted by Crippen LogP contribution is -2.49. The van der Waals surface area contributed by atoms with Crippen molar-refractivity contribution in [1.29, 1.82) is 0 Å². The van der Waals surface area contributed by atoms with Crippen molar-refractivity contribution in [2.75, 3.05) is 24.6 Å². The molecule has 0 amide bonds. The minimum absolute atomic E-state index is 0.0104. The lowest BCUT2D eigenvalue weighted by atomic mass is 10.2. The van der Waals surface area contributed by atoms with E-state index in [0.29, 0.717) is 29.6 Å². The summed E-state index contributed by atoms with van der Waals surface area (Å²) in [4.78, 5) is 9.79. The second-order valence-corrected chi connectivity index (χ2v) is 4.90. The lowest BCUT2D eigenvalue weighted by Gasteiger charge is -2.34. The Hall–Kier alpha value is -2.16. The van der Waals surface area contributed by atoms with Crippen LogP contribution in [0, 0.1) is 6.92 Å². The molecule has 2 aromatic rings. The molecule has 3 rings (SSSR count). The average Bonchev–Trinajstić information content (AvgIpc) is 2.93. The number of anilines is 1. The summed E-state index contributed by atoms with van der Waals surface area (Å²) >= 11 is 0. The highest BCUT2D eigenvalue weighted by Crippen LogP contribution is 2.28. The molecule has 9 heteroatoms. The monoisotopic (exact) mass is 314 g/mol. The van der Waals surface area contributed by atoms with Crippen molar-refractivity contribution >= 4 is 5.82 Å². The largest absolute Gasteiger partial charge is 0.416 e. The summed E-state index contributed by atoms with van der Waals surface area (Å²) < 4.78 is 47.9. The van der Waals surface area contributed by atoms with Crippen molar-refractivity contribution in [2.24, 2.45) is 0 Å². The maximum atomic E-state index is 12.7. The van der Waals surface area contributed by atoms with Gasteiger partial charge in [-0.15, -0.1) is 0 Å². The molecule has 1 fully saturated rings. The first-order valence-corrected chi connectivity index (χ1v) is 6.63. The molecule has 1 aliphatic heterocycles. The van der Waals surface area contributed by atoms with E-state index in [-0.39, 0.29) is 13.2 Å². The van der Waals surface area contributed by atoms with E-state index in [1.165, 1.54) is 6.20 Å². The normalized spacial score (nSPS) is 19.5. The summed E-state index contributed by atoms with van der Waals surface area (Å²) in [5.74, 6) is 1.28. The number of rotatable bonds is 2. The summed E-state index contributed by atoms with van der Waals surface area (Å²) in [6, 6.07) is 3.32. The smallest absolute Gasteiger partial charge is 0.365 e. The number of ether oxygens (including phenoxy) is 1. The summed E-state index contributed by atoms with van der Waals surface area (Å²) in [5.41, 5.74) is 0.616. The molecule has 0 bridgehead atoms. The van der Waals surface area contributed by atoms with Gasteiger partial charge in [0.2, 0.25) is 0 Å². The van der Waals surface area contributed by atoms with Crippen LogP contribution >= 0.6 is 0 Å². The molecule has 6 nitrogen and oxygen atoms in total. The second-order valence-electron chi connectivity index (χ2n) is 4.90. The predicted molar refractivity (Wildman–Crippen MR) is 70.3 cm³/mol. The van der Waals surface area contributed by atoms with Crippen LogP contribution in [0.4, 0.5) is 19.0 Å². The van der Waals surface area contributed by atoms with Gasteiger partial charge in [0, 0.05) is 12.7 Å². The fourth-order valence-corrected chi connectivity index (χ4v) is 2.17. The van der Waals surface area contributed by atoms with Gasteiger partial charge in [-0.05, 0) is 19.1 Å². The molecule has 1 atom stereocenters. The van der Waals surface area contributed by atoms with Gasteiger partial charge in [0.25, 0.3) is 5.89 Å². The molecule has 1 saturated heterocycles. The number of hydrogen-bond donors (Lipinski definition) is 0. The van der Waals surface area contributed by atoms with E-state index in [0.717, 1.165) is 0 Å². The van der Waals surface area contributed by atoms with Crippen LogP contribution in [0.2, 0.25) is 0 Å².